The van der Waals surface area contributed by atoms with Crippen molar-refractivity contribution in [3.8, 4) is 0 Å². The topological polar surface area (TPSA) is 174 Å². The SMILES string of the molecule is CCCCCCCCC(=O)OCCOCCOCCOCCOCCOCCOCCOCCOCCOCCOCCOCCOCCN1C(=O)c2ccccc2C1=O. The van der Waals surface area contributed by atoms with Crippen molar-refractivity contribution < 1.29 is 76.0 Å². The summed E-state index contributed by atoms with van der Waals surface area (Å²) in [7, 11) is 0. The minimum absolute atomic E-state index is 0.150. The number of carbonyl (C=O) groups excluding carboxylic acids is 3. The lowest BCUT2D eigenvalue weighted by Crippen LogP contribution is -2.33. The van der Waals surface area contributed by atoms with Gasteiger partial charge in [0.25, 0.3) is 11.8 Å². The lowest BCUT2D eigenvalue weighted by atomic mass is 10.1. The monoisotopic (exact) mass is 859 g/mol. The molecule has 1 aromatic rings. The van der Waals surface area contributed by atoms with Gasteiger partial charge in [0.1, 0.15) is 6.61 Å². The number of nitrogens with zero attached hydrogens (tertiary/aromatic N) is 1. The number of hydrogen-bond acceptors (Lipinski definition) is 16. The Balaban J connectivity index is 1.14. The van der Waals surface area contributed by atoms with Gasteiger partial charge in [-0.25, -0.2) is 0 Å². The molecule has 0 bridgehead atoms. The molecule has 1 aliphatic heterocycles. The molecule has 0 saturated heterocycles. The van der Waals surface area contributed by atoms with Crippen LogP contribution in [-0.2, 0) is 66.4 Å². The Morgan fingerprint density at radius 1 is 0.400 bits per heavy atom. The number of carbonyl (C=O) groups is 3. The molecule has 346 valence electrons. The van der Waals surface area contributed by atoms with E-state index in [0.29, 0.717) is 170 Å². The van der Waals surface area contributed by atoms with Gasteiger partial charge in [-0.1, -0.05) is 51.2 Å². The van der Waals surface area contributed by atoms with Crippen molar-refractivity contribution in [3.63, 3.8) is 0 Å². The highest BCUT2D eigenvalue weighted by atomic mass is 16.6. The van der Waals surface area contributed by atoms with E-state index in [4.69, 9.17) is 61.6 Å². The van der Waals surface area contributed by atoms with E-state index < -0.39 is 0 Å². The average molecular weight is 860 g/mol. The van der Waals surface area contributed by atoms with Crippen LogP contribution in [0.2, 0.25) is 0 Å². The first-order valence-electron chi connectivity index (χ1n) is 21.7. The third-order valence-electron chi connectivity index (χ3n) is 8.65. The molecule has 0 radical (unpaired) electrons. The molecule has 1 heterocycles. The molecule has 0 saturated carbocycles. The first-order chi connectivity index (χ1) is 29.6. The normalized spacial score (nSPS) is 12.5. The summed E-state index contributed by atoms with van der Waals surface area (Å²) >= 11 is 0. The number of hydrogen-bond donors (Lipinski definition) is 0. The summed E-state index contributed by atoms with van der Waals surface area (Å²) in [6.07, 6.45) is 7.38. The predicted octanol–water partition coefficient (Wildman–Crippen LogP) is 3.78. The van der Waals surface area contributed by atoms with E-state index in [1.165, 1.54) is 30.6 Å². The van der Waals surface area contributed by atoms with Gasteiger partial charge in [0.05, 0.1) is 176 Å². The van der Waals surface area contributed by atoms with Crippen LogP contribution in [0.1, 0.15) is 72.6 Å². The van der Waals surface area contributed by atoms with Gasteiger partial charge < -0.3 is 61.6 Å². The quantitative estimate of drug-likeness (QED) is 0.0526. The summed E-state index contributed by atoms with van der Waals surface area (Å²) in [5.74, 6) is -0.713. The predicted molar refractivity (Wildman–Crippen MR) is 221 cm³/mol. The molecule has 0 unspecified atom stereocenters. The van der Waals surface area contributed by atoms with Gasteiger partial charge in [0.2, 0.25) is 0 Å². The summed E-state index contributed by atoms with van der Waals surface area (Å²) in [6.45, 7) is 13.4. The van der Waals surface area contributed by atoms with Crippen molar-refractivity contribution >= 4 is 17.8 Å². The second-order valence-electron chi connectivity index (χ2n) is 13.4. The molecule has 60 heavy (non-hydrogen) atoms. The average Bonchev–Trinajstić information content (AvgIpc) is 3.50. The maximum atomic E-state index is 12.3. The number of imide groups is 1. The van der Waals surface area contributed by atoms with Crippen LogP contribution in [0.3, 0.4) is 0 Å². The van der Waals surface area contributed by atoms with Crippen molar-refractivity contribution in [1.29, 1.82) is 0 Å². The van der Waals surface area contributed by atoms with E-state index >= 15 is 0 Å². The molecule has 0 aliphatic carbocycles. The first kappa shape index (κ1) is 53.5. The second-order valence-corrected chi connectivity index (χ2v) is 13.4. The fraction of sp³-hybridized carbons (Fsp3) is 0.791. The summed E-state index contributed by atoms with van der Waals surface area (Å²) < 4.78 is 71.0. The Morgan fingerprint density at radius 3 is 1.02 bits per heavy atom. The Morgan fingerprint density at radius 2 is 0.683 bits per heavy atom. The second kappa shape index (κ2) is 40.4. The number of unbranched alkanes of at least 4 members (excludes halogenated alkanes) is 5. The molecule has 2 amide bonds. The number of esters is 1. The van der Waals surface area contributed by atoms with Crippen LogP contribution in [0.4, 0.5) is 0 Å². The van der Waals surface area contributed by atoms with Crippen LogP contribution >= 0.6 is 0 Å². The molecule has 2 rings (SSSR count). The van der Waals surface area contributed by atoms with Gasteiger partial charge in [-0.2, -0.15) is 0 Å². The van der Waals surface area contributed by atoms with Crippen molar-refractivity contribution in [2.24, 2.45) is 0 Å². The standard InChI is InChI=1S/C43H73NO16/c1-2-3-4-5-6-7-12-41(45)60-38-37-59-36-35-58-34-33-57-32-31-56-30-29-55-28-27-54-26-25-53-24-23-52-22-21-51-20-19-50-18-17-49-16-15-48-14-13-44-42(46)39-10-8-9-11-40(39)43(44)47/h8-11H,2-7,12-38H2,1H3. The number of fused-ring (bicyclic) bond motifs is 1. The maximum absolute atomic E-state index is 12.3. The van der Waals surface area contributed by atoms with E-state index in [9.17, 15) is 14.4 Å². The third-order valence-corrected chi connectivity index (χ3v) is 8.65. The number of rotatable bonds is 46. The lowest BCUT2D eigenvalue weighted by molar-refractivity contribution is -0.145. The van der Waals surface area contributed by atoms with Crippen molar-refractivity contribution in [2.45, 2.75) is 51.9 Å². The molecule has 0 fully saturated rings. The van der Waals surface area contributed by atoms with E-state index in [1.54, 1.807) is 24.3 Å². The smallest absolute Gasteiger partial charge is 0.305 e. The van der Waals surface area contributed by atoms with Gasteiger partial charge >= 0.3 is 5.97 Å². The lowest BCUT2D eigenvalue weighted by Gasteiger charge is -2.13. The summed E-state index contributed by atoms with van der Waals surface area (Å²) in [5, 5.41) is 0. The van der Waals surface area contributed by atoms with E-state index in [1.807, 2.05) is 0 Å². The van der Waals surface area contributed by atoms with E-state index in [2.05, 4.69) is 6.92 Å². The molecule has 0 spiro atoms. The van der Waals surface area contributed by atoms with Crippen LogP contribution in [0, 0.1) is 0 Å². The fourth-order valence-electron chi connectivity index (χ4n) is 5.46. The van der Waals surface area contributed by atoms with Crippen molar-refractivity contribution in [2.75, 3.05) is 172 Å². The van der Waals surface area contributed by atoms with Gasteiger partial charge in [-0.15, -0.1) is 0 Å². The molecule has 17 nitrogen and oxygen atoms in total. The Bertz CT molecular complexity index is 1140. The summed E-state index contributed by atoms with van der Waals surface area (Å²) in [6, 6.07) is 6.81. The van der Waals surface area contributed by atoms with Crippen LogP contribution in [0.25, 0.3) is 0 Å². The molecule has 1 aliphatic rings. The minimum Gasteiger partial charge on any atom is -0.463 e. The zero-order valence-electron chi connectivity index (χ0n) is 36.1. The van der Waals surface area contributed by atoms with Gasteiger partial charge in [0, 0.05) is 6.42 Å². The van der Waals surface area contributed by atoms with Gasteiger partial charge in [-0.05, 0) is 18.6 Å². The summed E-state index contributed by atoms with van der Waals surface area (Å²) in [4.78, 5) is 37.6. The third kappa shape index (κ3) is 29.6. The molecule has 0 N–H and O–H groups in total. The molecule has 0 atom stereocenters. The van der Waals surface area contributed by atoms with Crippen molar-refractivity contribution in [1.82, 2.24) is 4.90 Å². The molecular formula is C43H73NO16. The molecule has 1 aromatic carbocycles. The number of benzene rings is 1. The summed E-state index contributed by atoms with van der Waals surface area (Å²) in [5.41, 5.74) is 0.877. The number of amides is 2. The zero-order valence-corrected chi connectivity index (χ0v) is 36.1. The van der Waals surface area contributed by atoms with Gasteiger partial charge in [-0.3, -0.25) is 19.3 Å². The number of ether oxygens (including phenoxy) is 13. The molecule has 0 aromatic heterocycles. The van der Waals surface area contributed by atoms with Gasteiger partial charge in [0.15, 0.2) is 0 Å². The van der Waals surface area contributed by atoms with E-state index in [0.717, 1.165) is 12.8 Å². The first-order valence-corrected chi connectivity index (χ1v) is 21.7. The van der Waals surface area contributed by atoms with Crippen LogP contribution < -0.4 is 0 Å². The molecule has 17 heteroatoms. The van der Waals surface area contributed by atoms with Crippen LogP contribution in [0.5, 0.6) is 0 Å². The highest BCUT2D eigenvalue weighted by molar-refractivity contribution is 6.21. The van der Waals surface area contributed by atoms with E-state index in [-0.39, 0.29) is 37.5 Å². The van der Waals surface area contributed by atoms with Crippen molar-refractivity contribution in [3.05, 3.63) is 35.4 Å². The Kier molecular flexibility index (Phi) is 36.0. The Hall–Kier alpha value is -2.65. The largest absolute Gasteiger partial charge is 0.463 e. The van der Waals surface area contributed by atoms with Crippen LogP contribution in [-0.4, -0.2) is 194 Å². The highest BCUT2D eigenvalue weighted by Crippen LogP contribution is 2.21. The minimum atomic E-state index is -0.281. The Labute approximate surface area is 357 Å². The zero-order chi connectivity index (χ0) is 42.8. The maximum Gasteiger partial charge on any atom is 0.305 e. The highest BCUT2D eigenvalue weighted by Gasteiger charge is 2.34. The molecular weight excluding hydrogens is 786 g/mol. The van der Waals surface area contributed by atoms with Crippen LogP contribution in [0.15, 0.2) is 24.3 Å². The fourth-order valence-corrected chi connectivity index (χ4v) is 5.46.